The van der Waals surface area contributed by atoms with E-state index in [1.165, 1.54) is 0 Å². The van der Waals surface area contributed by atoms with Gasteiger partial charge in [-0.25, -0.2) is 0 Å². The second-order valence-corrected chi connectivity index (χ2v) is 8.51. The summed E-state index contributed by atoms with van der Waals surface area (Å²) in [5.41, 5.74) is 9.67. The van der Waals surface area contributed by atoms with E-state index in [1.54, 1.807) is 26.0 Å². The first-order chi connectivity index (χ1) is 15.2. The number of carbonyl (C=O) groups is 2. The first-order valence-corrected chi connectivity index (χ1v) is 10.5. The van der Waals surface area contributed by atoms with Gasteiger partial charge in [0.15, 0.2) is 0 Å². The highest BCUT2D eigenvalue weighted by molar-refractivity contribution is 6.38. The second-order valence-electron chi connectivity index (χ2n) is 8.08. The summed E-state index contributed by atoms with van der Waals surface area (Å²) < 4.78 is 0. The van der Waals surface area contributed by atoms with Gasteiger partial charge < -0.3 is 21.7 Å². The summed E-state index contributed by atoms with van der Waals surface area (Å²) in [6.45, 7) is 3.45. The highest BCUT2D eigenvalue weighted by Crippen LogP contribution is 2.38. The van der Waals surface area contributed by atoms with Gasteiger partial charge in [0.25, 0.3) is 5.91 Å². The van der Waals surface area contributed by atoms with E-state index in [-0.39, 0.29) is 5.91 Å². The Kier molecular flexibility index (Phi) is 5.63. The highest BCUT2D eigenvalue weighted by atomic mass is 35.5. The molecule has 4 rings (SSSR count). The van der Waals surface area contributed by atoms with Crippen LogP contribution in [-0.2, 0) is 9.59 Å². The molecule has 2 amide bonds. The van der Waals surface area contributed by atoms with Crippen LogP contribution >= 0.6 is 11.6 Å². The van der Waals surface area contributed by atoms with Crippen LogP contribution in [0.5, 0.6) is 0 Å². The summed E-state index contributed by atoms with van der Waals surface area (Å²) in [7, 11) is 0. The van der Waals surface area contributed by atoms with Gasteiger partial charge >= 0.3 is 0 Å². The first-order valence-electron chi connectivity index (χ1n) is 10.1. The van der Waals surface area contributed by atoms with Crippen LogP contribution in [0.1, 0.15) is 25.0 Å². The van der Waals surface area contributed by atoms with Gasteiger partial charge in [0.05, 0.1) is 17.0 Å². The number of nitrogens with one attached hydrogen (secondary N) is 3. The van der Waals surface area contributed by atoms with Crippen LogP contribution < -0.4 is 21.7 Å². The zero-order chi connectivity index (χ0) is 22.9. The molecule has 0 atom stereocenters. The molecule has 162 valence electrons. The van der Waals surface area contributed by atoms with Crippen molar-refractivity contribution < 1.29 is 9.59 Å². The molecule has 7 heteroatoms. The number of benzene rings is 3. The Morgan fingerprint density at radius 1 is 0.969 bits per heavy atom. The lowest BCUT2D eigenvalue weighted by Gasteiger charge is -2.24. The number of anilines is 3. The van der Waals surface area contributed by atoms with Gasteiger partial charge in [0.2, 0.25) is 5.91 Å². The van der Waals surface area contributed by atoms with Crippen molar-refractivity contribution in [1.29, 1.82) is 0 Å². The van der Waals surface area contributed by atoms with E-state index >= 15 is 0 Å². The molecule has 1 aliphatic heterocycles. The minimum Gasteiger partial charge on any atom is -0.372 e. The van der Waals surface area contributed by atoms with Crippen molar-refractivity contribution in [2.45, 2.75) is 19.4 Å². The lowest BCUT2D eigenvalue weighted by atomic mass is 10.00. The number of rotatable bonds is 6. The van der Waals surface area contributed by atoms with Crippen LogP contribution in [0.15, 0.2) is 72.8 Å². The molecule has 0 radical (unpaired) electrons. The van der Waals surface area contributed by atoms with E-state index in [4.69, 9.17) is 17.3 Å². The molecule has 0 unspecified atom stereocenters. The first kappa shape index (κ1) is 21.5. The van der Waals surface area contributed by atoms with Crippen molar-refractivity contribution in [2.75, 3.05) is 16.0 Å². The molecule has 6 nitrogen and oxygen atoms in total. The third-order valence-electron chi connectivity index (χ3n) is 5.27. The maximum atomic E-state index is 12.9. The summed E-state index contributed by atoms with van der Waals surface area (Å²) in [5, 5.41) is 9.97. The Bertz CT molecular complexity index is 1220. The van der Waals surface area contributed by atoms with E-state index in [2.05, 4.69) is 16.0 Å². The summed E-state index contributed by atoms with van der Waals surface area (Å²) >= 11 is 6.11. The predicted octanol–water partition coefficient (Wildman–Crippen LogP) is 4.95. The molecule has 32 heavy (non-hydrogen) atoms. The third kappa shape index (κ3) is 4.31. The van der Waals surface area contributed by atoms with Crippen LogP contribution in [0.3, 0.4) is 0 Å². The molecule has 3 aromatic carbocycles. The van der Waals surface area contributed by atoms with E-state index in [0.29, 0.717) is 22.0 Å². The average molecular weight is 447 g/mol. The van der Waals surface area contributed by atoms with Crippen molar-refractivity contribution in [3.63, 3.8) is 0 Å². The van der Waals surface area contributed by atoms with Gasteiger partial charge in [-0.05, 0) is 55.8 Å². The van der Waals surface area contributed by atoms with Crippen molar-refractivity contribution in [3.8, 4) is 0 Å². The monoisotopic (exact) mass is 446 g/mol. The molecule has 5 N–H and O–H groups in total. The molecule has 0 aliphatic carbocycles. The fraction of sp³-hybridized carbons (Fsp3) is 0.120. The largest absolute Gasteiger partial charge is 0.372 e. The molecule has 1 heterocycles. The molecule has 0 saturated heterocycles. The molecule has 0 aromatic heterocycles. The normalized spacial score (nSPS) is 14.4. The predicted molar refractivity (Wildman–Crippen MR) is 130 cm³/mol. The quantitative estimate of drug-likeness (QED) is 0.403. The minimum absolute atomic E-state index is 0.199. The molecule has 1 aliphatic rings. The van der Waals surface area contributed by atoms with Gasteiger partial charge in [0.1, 0.15) is 5.54 Å². The topological polar surface area (TPSA) is 96.2 Å². The number of halogens is 1. The van der Waals surface area contributed by atoms with Crippen LogP contribution in [0.25, 0.3) is 11.3 Å². The zero-order valence-electron chi connectivity index (χ0n) is 17.7. The molecule has 0 spiro atoms. The Labute approximate surface area is 191 Å². The zero-order valence-corrected chi connectivity index (χ0v) is 18.5. The fourth-order valence-corrected chi connectivity index (χ4v) is 3.65. The van der Waals surface area contributed by atoms with Crippen LogP contribution in [-0.4, -0.2) is 17.4 Å². The minimum atomic E-state index is -0.876. The summed E-state index contributed by atoms with van der Waals surface area (Å²) in [6.07, 6.45) is 0. The van der Waals surface area contributed by atoms with Crippen molar-refractivity contribution in [3.05, 3.63) is 88.9 Å². The van der Waals surface area contributed by atoms with Crippen LogP contribution in [0.4, 0.5) is 17.1 Å². The van der Waals surface area contributed by atoms with Crippen LogP contribution in [0, 0.1) is 0 Å². The third-order valence-corrected chi connectivity index (χ3v) is 5.50. The summed E-state index contributed by atoms with van der Waals surface area (Å²) in [5.74, 6) is -0.642. The maximum absolute atomic E-state index is 12.9. The lowest BCUT2D eigenvalue weighted by molar-refractivity contribution is -0.121. The molecule has 0 fully saturated rings. The smallest absolute Gasteiger partial charge is 0.258 e. The number of nitrogens with two attached hydrogens (primary N) is 1. The Balaban J connectivity index is 1.72. The number of hydrogen-bond donors (Lipinski definition) is 4. The second kappa shape index (κ2) is 8.40. The SMILES string of the molecule is CC(C)(Nc1ccc(N/C(=C2\C(=O)Nc3cc(Cl)ccc32)c2ccccc2)cc1)C(N)=O. The fourth-order valence-electron chi connectivity index (χ4n) is 3.48. The standard InChI is InChI=1S/C25H23ClN4O2/c1-25(2,24(27)32)30-18-11-9-17(10-12-18)28-22(15-6-4-3-5-7-15)21-19-13-8-16(26)14-20(19)29-23(21)31/h3-14,28,30H,1-2H3,(H2,27,32)(H,29,31)/b22-21-. The number of amides is 2. The molecule has 0 saturated carbocycles. The molecular weight excluding hydrogens is 424 g/mol. The van der Waals surface area contributed by atoms with E-state index < -0.39 is 11.4 Å². The lowest BCUT2D eigenvalue weighted by Crippen LogP contribution is -2.44. The summed E-state index contributed by atoms with van der Waals surface area (Å²) in [6, 6.07) is 22.5. The number of hydrogen-bond acceptors (Lipinski definition) is 4. The highest BCUT2D eigenvalue weighted by Gasteiger charge is 2.29. The van der Waals surface area contributed by atoms with Crippen molar-refractivity contribution in [2.24, 2.45) is 5.73 Å². The van der Waals surface area contributed by atoms with Crippen LogP contribution in [0.2, 0.25) is 5.02 Å². The van der Waals surface area contributed by atoms with Gasteiger partial charge in [-0.3, -0.25) is 9.59 Å². The molecule has 3 aromatic rings. The number of carbonyl (C=O) groups excluding carboxylic acids is 2. The Hall–Kier alpha value is -3.77. The van der Waals surface area contributed by atoms with E-state index in [9.17, 15) is 9.59 Å². The van der Waals surface area contributed by atoms with E-state index in [1.807, 2.05) is 60.7 Å². The number of primary amides is 1. The van der Waals surface area contributed by atoms with Crippen molar-refractivity contribution >= 4 is 51.7 Å². The summed E-state index contributed by atoms with van der Waals surface area (Å²) in [4.78, 5) is 24.5. The Morgan fingerprint density at radius 3 is 2.28 bits per heavy atom. The average Bonchev–Trinajstić information content (AvgIpc) is 3.08. The molecular formula is C25H23ClN4O2. The number of fused-ring (bicyclic) bond motifs is 1. The van der Waals surface area contributed by atoms with Gasteiger partial charge in [-0.1, -0.05) is 48.0 Å². The maximum Gasteiger partial charge on any atom is 0.258 e. The van der Waals surface area contributed by atoms with Gasteiger partial charge in [-0.15, -0.1) is 0 Å². The van der Waals surface area contributed by atoms with E-state index in [0.717, 1.165) is 22.5 Å². The molecule has 0 bridgehead atoms. The van der Waals surface area contributed by atoms with Gasteiger partial charge in [-0.2, -0.15) is 0 Å². The Morgan fingerprint density at radius 2 is 1.62 bits per heavy atom. The van der Waals surface area contributed by atoms with Gasteiger partial charge in [0, 0.05) is 22.0 Å². The van der Waals surface area contributed by atoms with Crippen molar-refractivity contribution in [1.82, 2.24) is 0 Å².